The molecule has 0 saturated carbocycles. The van der Waals surface area contributed by atoms with Crippen LogP contribution in [0.25, 0.3) is 0 Å². The van der Waals surface area contributed by atoms with Crippen LogP contribution >= 0.6 is 61.2 Å². The van der Waals surface area contributed by atoms with Crippen LogP contribution in [0.2, 0.25) is 0 Å². The van der Waals surface area contributed by atoms with Gasteiger partial charge in [-0.05, 0) is 0 Å². The van der Waals surface area contributed by atoms with Gasteiger partial charge in [0.25, 0.3) is 0 Å². The van der Waals surface area contributed by atoms with E-state index >= 15 is 0 Å². The molecule has 0 aromatic heterocycles. The zero-order valence-corrected chi connectivity index (χ0v) is 11.1. The standard InChI is InChI=1S/Co.3HI.3H3N/h;3*1H;3*1H3/q+3;;;;;;/p-3. The Balaban J connectivity index is -0.0000000150. The summed E-state index contributed by atoms with van der Waals surface area (Å²) in [6.07, 6.45) is 0. The van der Waals surface area contributed by atoms with Gasteiger partial charge in [-0.25, -0.2) is 0 Å². The van der Waals surface area contributed by atoms with Gasteiger partial charge in [-0.15, -0.1) is 0 Å². The summed E-state index contributed by atoms with van der Waals surface area (Å²) in [5, 5.41) is 0. The fraction of sp³-hybridized carbons (Fsp3) is 0. The summed E-state index contributed by atoms with van der Waals surface area (Å²) >= 11 is 7.14. The van der Waals surface area contributed by atoms with Crippen LogP contribution in [-0.2, 0) is 4.00 Å². The van der Waals surface area contributed by atoms with Gasteiger partial charge < -0.3 is 18.5 Å². The normalized spacial score (nSPS) is 6.43. The summed E-state index contributed by atoms with van der Waals surface area (Å²) in [7, 11) is 0. The van der Waals surface area contributed by atoms with Crippen LogP contribution in [0.4, 0.5) is 0 Å². The van der Waals surface area contributed by atoms with E-state index in [2.05, 4.69) is 61.2 Å². The van der Waals surface area contributed by atoms with Gasteiger partial charge in [0.1, 0.15) is 0 Å². The average molecular weight is 491 g/mol. The Kier molecular flexibility index (Phi) is 51.2. The van der Waals surface area contributed by atoms with E-state index in [1.807, 2.05) is 0 Å². The fourth-order valence-corrected chi connectivity index (χ4v) is 0. The molecule has 0 unspecified atom stereocenters. The van der Waals surface area contributed by atoms with Crippen molar-refractivity contribution in [2.45, 2.75) is 0 Å². The Morgan fingerprint density at radius 3 is 0.714 bits per heavy atom. The number of hydrogen-bond donors (Lipinski definition) is 3. The van der Waals surface area contributed by atoms with E-state index in [0.717, 1.165) is 0 Å². The molecule has 0 heterocycles. The van der Waals surface area contributed by atoms with Crippen LogP contribution in [-0.4, -0.2) is 0 Å². The third kappa shape index (κ3) is 55.9. The van der Waals surface area contributed by atoms with Gasteiger partial charge in [-0.1, -0.05) is 0 Å². The van der Waals surface area contributed by atoms with Gasteiger partial charge in [-0.2, -0.15) is 0 Å². The van der Waals surface area contributed by atoms with E-state index in [0.29, 0.717) is 4.00 Å². The summed E-state index contributed by atoms with van der Waals surface area (Å²) in [4.78, 5) is 0. The number of hydrogen-bond acceptors (Lipinski definition) is 3. The van der Waals surface area contributed by atoms with Crippen LogP contribution in [0, 0.1) is 0 Å². The first-order valence-corrected chi connectivity index (χ1v) is 10.5. The zero-order chi connectivity index (χ0) is 3.58. The molecule has 0 aromatic rings. The maximum atomic E-state index is 2.38. The van der Waals surface area contributed by atoms with Crippen molar-refractivity contribution in [3.05, 3.63) is 0 Å². The average Bonchev–Trinajstić information content (AvgIpc) is 0.811. The second kappa shape index (κ2) is 15.8. The Morgan fingerprint density at radius 2 is 0.714 bits per heavy atom. The summed E-state index contributed by atoms with van der Waals surface area (Å²) in [5.74, 6) is 0. The first-order valence-electron chi connectivity index (χ1n) is 0.378. The van der Waals surface area contributed by atoms with Crippen molar-refractivity contribution in [2.75, 3.05) is 0 Å². The second-order valence-electron chi connectivity index (χ2n) is 0.143. The quantitative estimate of drug-likeness (QED) is 0.454. The molecular formula is H9CoI3N3. The van der Waals surface area contributed by atoms with E-state index in [1.165, 1.54) is 0 Å². The van der Waals surface area contributed by atoms with Gasteiger partial charge in [0.05, 0.1) is 0 Å². The van der Waals surface area contributed by atoms with E-state index < -0.39 is 0 Å². The summed E-state index contributed by atoms with van der Waals surface area (Å²) in [6, 6.07) is 0. The van der Waals surface area contributed by atoms with Gasteiger partial charge in [0.15, 0.2) is 0 Å². The predicted octanol–water partition coefficient (Wildman–Crippen LogP) is 3.14. The molecule has 0 aliphatic rings. The molecule has 54 valence electrons. The molecule has 0 amide bonds. The molecular weight excluding hydrogens is 482 g/mol. The molecule has 0 saturated heterocycles. The van der Waals surface area contributed by atoms with Crippen LogP contribution in [0.1, 0.15) is 0 Å². The van der Waals surface area contributed by atoms with Crippen LogP contribution in [0.15, 0.2) is 0 Å². The van der Waals surface area contributed by atoms with Crippen molar-refractivity contribution in [1.29, 1.82) is 0 Å². The predicted molar refractivity (Wildman–Crippen MR) is 57.1 cm³/mol. The van der Waals surface area contributed by atoms with Crippen molar-refractivity contribution in [2.24, 2.45) is 0 Å². The molecule has 7 heavy (non-hydrogen) atoms. The SMILES string of the molecule is N.N.N.[I][Co]([I])[I]. The molecule has 0 aliphatic carbocycles. The molecule has 0 bridgehead atoms. The van der Waals surface area contributed by atoms with Crippen molar-refractivity contribution < 1.29 is 4.00 Å². The minimum atomic E-state index is 0. The first kappa shape index (κ1) is 22.7. The van der Waals surface area contributed by atoms with Gasteiger partial charge in [0, 0.05) is 0 Å². The molecule has 0 atom stereocenters. The van der Waals surface area contributed by atoms with Crippen molar-refractivity contribution >= 4 is 61.2 Å². The summed E-state index contributed by atoms with van der Waals surface area (Å²) < 4.78 is 0.306. The molecule has 3 nitrogen and oxygen atoms in total. The molecule has 0 spiro atoms. The molecule has 0 fully saturated rings. The van der Waals surface area contributed by atoms with E-state index in [-0.39, 0.29) is 18.5 Å². The number of rotatable bonds is 0. The molecule has 9 N–H and O–H groups in total. The fourth-order valence-electron chi connectivity index (χ4n) is 0. The molecule has 0 rings (SSSR count). The van der Waals surface area contributed by atoms with Gasteiger partial charge in [0.2, 0.25) is 0 Å². The Hall–Kier alpha value is 2.58. The van der Waals surface area contributed by atoms with Crippen LogP contribution in [0.5, 0.6) is 0 Å². The van der Waals surface area contributed by atoms with Crippen molar-refractivity contribution in [3.63, 3.8) is 0 Å². The van der Waals surface area contributed by atoms with Gasteiger partial charge in [-0.3, -0.25) is 0 Å². The summed E-state index contributed by atoms with van der Waals surface area (Å²) in [5.41, 5.74) is 0. The maximum absolute atomic E-state index is 2.38. The van der Waals surface area contributed by atoms with Crippen molar-refractivity contribution in [3.8, 4) is 0 Å². The van der Waals surface area contributed by atoms with Crippen LogP contribution in [0.3, 0.4) is 0 Å². The zero-order valence-electron chi connectivity index (χ0n) is 3.59. The van der Waals surface area contributed by atoms with Crippen LogP contribution < -0.4 is 18.5 Å². The van der Waals surface area contributed by atoms with Gasteiger partial charge >= 0.3 is 65.3 Å². The Labute approximate surface area is 82.1 Å². The summed E-state index contributed by atoms with van der Waals surface area (Å²) in [6.45, 7) is 0. The Morgan fingerprint density at radius 1 is 0.714 bits per heavy atom. The first-order chi connectivity index (χ1) is 1.73. The molecule has 0 radical (unpaired) electrons. The van der Waals surface area contributed by atoms with Crippen molar-refractivity contribution in [1.82, 2.24) is 18.5 Å². The third-order valence-electron chi connectivity index (χ3n) is 0. The van der Waals surface area contributed by atoms with E-state index in [1.54, 1.807) is 0 Å². The molecule has 0 aliphatic heterocycles. The monoisotopic (exact) mass is 491 g/mol. The second-order valence-corrected chi connectivity index (χ2v) is 26.5. The van der Waals surface area contributed by atoms with E-state index in [9.17, 15) is 0 Å². The topological polar surface area (TPSA) is 105 Å². The minimum absolute atomic E-state index is 0. The molecule has 7 heteroatoms. The van der Waals surface area contributed by atoms with E-state index in [4.69, 9.17) is 0 Å². The Bertz CT molecular complexity index is 14.9. The number of halogens is 3. The molecule has 0 aromatic carbocycles. The third-order valence-corrected chi connectivity index (χ3v) is 0.